The van der Waals surface area contributed by atoms with Gasteiger partial charge in [0.2, 0.25) is 0 Å². The zero-order valence-electron chi connectivity index (χ0n) is 8.62. The molecular formula is C10H9F3N2O2. The van der Waals surface area contributed by atoms with Gasteiger partial charge in [-0.25, -0.2) is 4.98 Å². The fourth-order valence-electron chi connectivity index (χ4n) is 1.25. The summed E-state index contributed by atoms with van der Waals surface area (Å²) in [6.45, 7) is 0. The number of nitrogens with zero attached hydrogens (tertiary/aromatic N) is 1. The maximum absolute atomic E-state index is 12.7. The molecule has 1 aromatic rings. The molecule has 0 atom stereocenters. The molecule has 17 heavy (non-hydrogen) atoms. The summed E-state index contributed by atoms with van der Waals surface area (Å²) in [6, 6.07) is 2.20. The smallest absolute Gasteiger partial charge is 0.437 e. The number of amides is 1. The molecule has 0 aromatic carbocycles. The van der Waals surface area contributed by atoms with Crippen LogP contribution in [-0.2, 0) is 6.18 Å². The summed E-state index contributed by atoms with van der Waals surface area (Å²) < 4.78 is 43.1. The first-order valence-electron chi connectivity index (χ1n) is 4.92. The van der Waals surface area contributed by atoms with Crippen LogP contribution in [0.25, 0.3) is 0 Å². The van der Waals surface area contributed by atoms with E-state index in [-0.39, 0.29) is 11.9 Å². The molecule has 1 saturated carbocycles. The number of alkyl halides is 3. The maximum atomic E-state index is 12.7. The van der Waals surface area contributed by atoms with Crippen LogP contribution in [0.5, 0.6) is 5.75 Å². The molecule has 1 aromatic heterocycles. The highest BCUT2D eigenvalue weighted by atomic mass is 19.4. The zero-order chi connectivity index (χ0) is 12.6. The van der Waals surface area contributed by atoms with Crippen LogP contribution in [0.3, 0.4) is 0 Å². The monoisotopic (exact) mass is 246 g/mol. The van der Waals surface area contributed by atoms with E-state index < -0.39 is 23.5 Å². The van der Waals surface area contributed by atoms with Crippen LogP contribution in [-0.4, -0.2) is 17.0 Å². The Morgan fingerprint density at radius 3 is 2.53 bits per heavy atom. The number of carbonyl (C=O) groups excluding carboxylic acids is 1. The summed E-state index contributed by atoms with van der Waals surface area (Å²) in [6.07, 6.45) is -3.39. The summed E-state index contributed by atoms with van der Waals surface area (Å²) in [5.41, 5.74) is 3.24. The summed E-state index contributed by atoms with van der Waals surface area (Å²) in [7, 11) is 0. The number of hydrogen-bond acceptors (Lipinski definition) is 3. The molecule has 2 N–H and O–H groups in total. The second-order valence-electron chi connectivity index (χ2n) is 3.72. The van der Waals surface area contributed by atoms with Crippen molar-refractivity contribution in [3.8, 4) is 5.75 Å². The molecule has 92 valence electrons. The predicted molar refractivity (Wildman–Crippen MR) is 51.4 cm³/mol. The number of ether oxygens (including phenoxy) is 1. The summed E-state index contributed by atoms with van der Waals surface area (Å²) in [5, 5.41) is 0. The molecule has 0 radical (unpaired) electrons. The number of nitrogens with two attached hydrogens (primary N) is 1. The van der Waals surface area contributed by atoms with E-state index in [0.29, 0.717) is 0 Å². The van der Waals surface area contributed by atoms with Gasteiger partial charge < -0.3 is 10.5 Å². The highest BCUT2D eigenvalue weighted by Crippen LogP contribution is 2.37. The average molecular weight is 246 g/mol. The number of carbonyl (C=O) groups is 1. The second-order valence-corrected chi connectivity index (χ2v) is 3.72. The standard InChI is InChI=1S/C10H9F3N2O2/c11-10(12,13)8-7(17-5-1-2-5)4-3-6(15-8)9(14)16/h3-5H,1-2H2,(H2,14,16). The highest BCUT2D eigenvalue weighted by Gasteiger charge is 2.38. The molecular weight excluding hydrogens is 237 g/mol. The normalized spacial score (nSPS) is 15.7. The number of aromatic nitrogens is 1. The third-order valence-corrected chi connectivity index (χ3v) is 2.20. The van der Waals surface area contributed by atoms with Crippen LogP contribution in [0, 0.1) is 0 Å². The molecule has 4 nitrogen and oxygen atoms in total. The fraction of sp³-hybridized carbons (Fsp3) is 0.400. The summed E-state index contributed by atoms with van der Waals surface area (Å²) in [5.74, 6) is -1.36. The minimum Gasteiger partial charge on any atom is -0.488 e. The average Bonchev–Trinajstić information content (AvgIpc) is 3.00. The molecule has 1 aliphatic rings. The summed E-state index contributed by atoms with van der Waals surface area (Å²) >= 11 is 0. The van der Waals surface area contributed by atoms with Crippen molar-refractivity contribution in [3.05, 3.63) is 23.5 Å². The predicted octanol–water partition coefficient (Wildman–Crippen LogP) is 1.74. The SMILES string of the molecule is NC(=O)c1ccc(OC2CC2)c(C(F)(F)F)n1. The number of pyridine rings is 1. The molecule has 7 heteroatoms. The van der Waals surface area contributed by atoms with Crippen molar-refractivity contribution in [1.29, 1.82) is 0 Å². The van der Waals surface area contributed by atoms with E-state index in [9.17, 15) is 18.0 Å². The first kappa shape index (κ1) is 11.7. The molecule has 1 heterocycles. The van der Waals surface area contributed by atoms with Gasteiger partial charge in [0.25, 0.3) is 5.91 Å². The van der Waals surface area contributed by atoms with Crippen molar-refractivity contribution < 1.29 is 22.7 Å². The van der Waals surface area contributed by atoms with Crippen LogP contribution >= 0.6 is 0 Å². The van der Waals surface area contributed by atoms with E-state index in [4.69, 9.17) is 10.5 Å². The van der Waals surface area contributed by atoms with Crippen LogP contribution in [0.1, 0.15) is 29.0 Å². The molecule has 0 saturated heterocycles. The van der Waals surface area contributed by atoms with E-state index in [1.54, 1.807) is 0 Å². The van der Waals surface area contributed by atoms with Crippen molar-refractivity contribution in [2.75, 3.05) is 0 Å². The van der Waals surface area contributed by atoms with Crippen molar-refractivity contribution in [2.45, 2.75) is 25.1 Å². The Morgan fingerprint density at radius 2 is 2.06 bits per heavy atom. The van der Waals surface area contributed by atoms with Gasteiger partial charge in [-0.3, -0.25) is 4.79 Å². The van der Waals surface area contributed by atoms with Gasteiger partial charge in [0.15, 0.2) is 11.4 Å². The topological polar surface area (TPSA) is 65.2 Å². The molecule has 1 amide bonds. The minimum absolute atomic E-state index is 0.183. The first-order chi connectivity index (χ1) is 7.88. The lowest BCUT2D eigenvalue weighted by Crippen LogP contribution is -2.18. The Bertz CT molecular complexity index is 455. The van der Waals surface area contributed by atoms with Crippen molar-refractivity contribution in [2.24, 2.45) is 5.73 Å². The van der Waals surface area contributed by atoms with Gasteiger partial charge in [-0.15, -0.1) is 0 Å². The van der Waals surface area contributed by atoms with Gasteiger partial charge in [-0.05, 0) is 25.0 Å². The van der Waals surface area contributed by atoms with E-state index in [1.165, 1.54) is 0 Å². The van der Waals surface area contributed by atoms with Gasteiger partial charge in [0.05, 0.1) is 6.10 Å². The Hall–Kier alpha value is -1.79. The molecule has 2 rings (SSSR count). The Kier molecular flexibility index (Phi) is 2.68. The number of halogens is 3. The summed E-state index contributed by atoms with van der Waals surface area (Å²) in [4.78, 5) is 14.0. The molecule has 0 bridgehead atoms. The largest absolute Gasteiger partial charge is 0.488 e. The van der Waals surface area contributed by atoms with Crippen molar-refractivity contribution in [3.63, 3.8) is 0 Å². The fourth-order valence-corrected chi connectivity index (χ4v) is 1.25. The van der Waals surface area contributed by atoms with Gasteiger partial charge in [-0.1, -0.05) is 0 Å². The van der Waals surface area contributed by atoms with E-state index >= 15 is 0 Å². The second kappa shape index (κ2) is 3.90. The molecule has 0 aliphatic heterocycles. The maximum Gasteiger partial charge on any atom is 0.437 e. The highest BCUT2D eigenvalue weighted by molar-refractivity contribution is 5.90. The van der Waals surface area contributed by atoms with Gasteiger partial charge >= 0.3 is 6.18 Å². The van der Waals surface area contributed by atoms with Crippen LogP contribution < -0.4 is 10.5 Å². The lowest BCUT2D eigenvalue weighted by Gasteiger charge is -2.13. The zero-order valence-corrected chi connectivity index (χ0v) is 8.62. The van der Waals surface area contributed by atoms with Gasteiger partial charge in [0, 0.05) is 0 Å². The molecule has 1 aliphatic carbocycles. The lowest BCUT2D eigenvalue weighted by molar-refractivity contribution is -0.142. The molecule has 0 spiro atoms. The minimum atomic E-state index is -4.67. The van der Waals surface area contributed by atoms with Gasteiger partial charge in [-0.2, -0.15) is 13.2 Å². The lowest BCUT2D eigenvalue weighted by atomic mass is 10.2. The number of hydrogen-bond donors (Lipinski definition) is 1. The van der Waals surface area contributed by atoms with Gasteiger partial charge in [0.1, 0.15) is 5.69 Å². The Labute approximate surface area is 94.6 Å². The Balaban J connectivity index is 2.39. The first-order valence-corrected chi connectivity index (χ1v) is 4.92. The van der Waals surface area contributed by atoms with E-state index in [2.05, 4.69) is 4.98 Å². The van der Waals surface area contributed by atoms with Crippen LogP contribution in [0.15, 0.2) is 12.1 Å². The third-order valence-electron chi connectivity index (χ3n) is 2.20. The van der Waals surface area contributed by atoms with Crippen molar-refractivity contribution >= 4 is 5.91 Å². The Morgan fingerprint density at radius 1 is 1.41 bits per heavy atom. The number of primary amides is 1. The third kappa shape index (κ3) is 2.66. The van der Waals surface area contributed by atoms with Crippen molar-refractivity contribution in [1.82, 2.24) is 4.98 Å². The molecule has 0 unspecified atom stereocenters. The molecule has 1 fully saturated rings. The van der Waals surface area contributed by atoms with E-state index in [1.807, 2.05) is 0 Å². The number of rotatable bonds is 3. The quantitative estimate of drug-likeness (QED) is 0.883. The van der Waals surface area contributed by atoms with E-state index in [0.717, 1.165) is 25.0 Å². The van der Waals surface area contributed by atoms with Crippen LogP contribution in [0.2, 0.25) is 0 Å². The van der Waals surface area contributed by atoms with Crippen LogP contribution in [0.4, 0.5) is 13.2 Å².